The molecule has 0 saturated heterocycles. The third-order valence-corrected chi connectivity index (χ3v) is 5.18. The molecule has 146 valence electrons. The number of benzene rings is 3. The molecule has 0 aromatic heterocycles. The van der Waals surface area contributed by atoms with Gasteiger partial charge in [0.15, 0.2) is 0 Å². The van der Waals surface area contributed by atoms with Crippen LogP contribution in [0.3, 0.4) is 0 Å². The van der Waals surface area contributed by atoms with E-state index >= 15 is 0 Å². The number of ketones is 1. The number of hydrogen-bond donors (Lipinski definition) is 0. The zero-order valence-corrected chi connectivity index (χ0v) is 17.1. The molecular formula is C26H18ClNO2. The molecular weight excluding hydrogens is 394 g/mol. The normalized spacial score (nSPS) is 14.3. The maximum Gasteiger partial charge on any atom is 0.262 e. The van der Waals surface area contributed by atoms with E-state index in [4.69, 9.17) is 11.6 Å². The van der Waals surface area contributed by atoms with Gasteiger partial charge in [0, 0.05) is 29.6 Å². The monoisotopic (exact) mass is 411 g/mol. The fourth-order valence-corrected chi connectivity index (χ4v) is 3.44. The van der Waals surface area contributed by atoms with Crippen molar-refractivity contribution in [3.8, 4) is 11.8 Å². The molecule has 0 bridgehead atoms. The molecule has 4 rings (SSSR count). The van der Waals surface area contributed by atoms with Crippen molar-refractivity contribution in [3.63, 3.8) is 0 Å². The summed E-state index contributed by atoms with van der Waals surface area (Å²) in [5.41, 5.74) is 3.81. The number of Topliss-reactive ketones (excluding diaryl/α,β-unsaturated/α-hetero) is 1. The maximum absolute atomic E-state index is 13.1. The fourth-order valence-electron chi connectivity index (χ4n) is 3.32. The minimum absolute atomic E-state index is 0.127. The van der Waals surface area contributed by atoms with Crippen molar-refractivity contribution in [1.82, 2.24) is 0 Å². The summed E-state index contributed by atoms with van der Waals surface area (Å²) < 4.78 is 0. The predicted molar refractivity (Wildman–Crippen MR) is 121 cm³/mol. The van der Waals surface area contributed by atoms with E-state index in [1.165, 1.54) is 4.90 Å². The van der Waals surface area contributed by atoms with Crippen LogP contribution in [0.4, 0.5) is 5.69 Å². The molecule has 0 unspecified atom stereocenters. The van der Waals surface area contributed by atoms with Crippen LogP contribution < -0.4 is 4.90 Å². The Hall–Kier alpha value is -3.61. The minimum atomic E-state index is -0.328. The highest BCUT2D eigenvalue weighted by molar-refractivity contribution is 6.36. The molecule has 3 nitrogen and oxygen atoms in total. The molecule has 0 spiro atoms. The lowest BCUT2D eigenvalue weighted by molar-refractivity contribution is -0.114. The Labute approximate surface area is 180 Å². The summed E-state index contributed by atoms with van der Waals surface area (Å²) in [5.74, 6) is 5.64. The average molecular weight is 412 g/mol. The van der Waals surface area contributed by atoms with Crippen LogP contribution in [0.2, 0.25) is 5.02 Å². The summed E-state index contributed by atoms with van der Waals surface area (Å²) in [6, 6.07) is 22.4. The molecule has 0 saturated carbocycles. The summed E-state index contributed by atoms with van der Waals surface area (Å²) in [7, 11) is 1.67. The van der Waals surface area contributed by atoms with Gasteiger partial charge in [0.1, 0.15) is 0 Å². The van der Waals surface area contributed by atoms with Crippen molar-refractivity contribution < 1.29 is 9.59 Å². The number of carbonyl (C=O) groups is 2. The van der Waals surface area contributed by atoms with E-state index in [1.54, 1.807) is 49.5 Å². The van der Waals surface area contributed by atoms with E-state index in [0.717, 1.165) is 16.7 Å². The van der Waals surface area contributed by atoms with E-state index in [2.05, 4.69) is 11.8 Å². The summed E-state index contributed by atoms with van der Waals surface area (Å²) in [4.78, 5) is 27.4. The molecule has 1 aliphatic rings. The number of anilines is 1. The van der Waals surface area contributed by atoms with Gasteiger partial charge in [-0.1, -0.05) is 65.9 Å². The van der Waals surface area contributed by atoms with Gasteiger partial charge in [-0.25, -0.2) is 0 Å². The number of halogens is 1. The number of carbonyl (C=O) groups excluding carboxylic acids is 2. The van der Waals surface area contributed by atoms with Crippen molar-refractivity contribution in [1.29, 1.82) is 0 Å². The Bertz CT molecular complexity index is 1220. The average Bonchev–Trinajstić information content (AvgIpc) is 2.77. The van der Waals surface area contributed by atoms with Gasteiger partial charge >= 0.3 is 0 Å². The minimum Gasteiger partial charge on any atom is -0.311 e. The van der Waals surface area contributed by atoms with Crippen molar-refractivity contribution in [2.24, 2.45) is 0 Å². The molecule has 30 heavy (non-hydrogen) atoms. The summed E-state index contributed by atoms with van der Waals surface area (Å²) >= 11 is 5.92. The van der Waals surface area contributed by atoms with Gasteiger partial charge in [-0.05, 0) is 47.5 Å². The van der Waals surface area contributed by atoms with Crippen molar-refractivity contribution in [2.75, 3.05) is 11.9 Å². The first-order valence-electron chi connectivity index (χ1n) is 9.50. The second-order valence-electron chi connectivity index (χ2n) is 7.00. The van der Waals surface area contributed by atoms with Gasteiger partial charge in [0.25, 0.3) is 5.91 Å². The Morgan fingerprint density at radius 3 is 2.43 bits per heavy atom. The third kappa shape index (κ3) is 4.05. The van der Waals surface area contributed by atoms with Gasteiger partial charge in [0.2, 0.25) is 5.78 Å². The number of hydrogen-bond acceptors (Lipinski definition) is 2. The highest BCUT2D eigenvalue weighted by atomic mass is 35.5. The molecule has 1 heterocycles. The first-order chi connectivity index (χ1) is 14.5. The summed E-state index contributed by atoms with van der Waals surface area (Å²) in [6.07, 6.45) is 2.24. The van der Waals surface area contributed by atoms with E-state index in [1.807, 2.05) is 36.4 Å². The van der Waals surface area contributed by atoms with E-state index < -0.39 is 0 Å². The lowest BCUT2D eigenvalue weighted by atomic mass is 9.92. The van der Waals surface area contributed by atoms with Crippen LogP contribution in [0.25, 0.3) is 6.08 Å². The van der Waals surface area contributed by atoms with Gasteiger partial charge < -0.3 is 4.90 Å². The standard InChI is InChI=1S/C26H18ClNO2/c1-28-24-15-12-19(9-5-8-18-6-3-2-4-7-18)16-22(24)25(29)23(26(28)30)17-20-10-13-21(27)14-11-20/h2-4,6-7,10-17H,8H2,1H3. The predicted octanol–water partition coefficient (Wildman–Crippen LogP) is 5.18. The molecule has 0 aliphatic carbocycles. The van der Waals surface area contributed by atoms with Crippen LogP contribution in [0.1, 0.15) is 27.0 Å². The number of fused-ring (bicyclic) bond motifs is 1. The Morgan fingerprint density at radius 1 is 0.967 bits per heavy atom. The molecule has 0 N–H and O–H groups in total. The molecule has 0 radical (unpaired) electrons. The van der Waals surface area contributed by atoms with E-state index in [9.17, 15) is 9.59 Å². The number of nitrogens with zero attached hydrogens (tertiary/aromatic N) is 1. The maximum atomic E-state index is 13.1. The van der Waals surface area contributed by atoms with Crippen LogP contribution in [0.5, 0.6) is 0 Å². The smallest absolute Gasteiger partial charge is 0.262 e. The SMILES string of the molecule is CN1C(=O)C(=Cc2ccc(Cl)cc2)C(=O)c2cc(C#CCc3ccccc3)ccc21. The molecule has 0 atom stereocenters. The van der Waals surface area contributed by atoms with E-state index in [0.29, 0.717) is 22.7 Å². The second kappa shape index (κ2) is 8.41. The highest BCUT2D eigenvalue weighted by Crippen LogP contribution is 2.31. The fraction of sp³-hybridized carbons (Fsp3) is 0.0769. The van der Waals surface area contributed by atoms with Crippen LogP contribution in [-0.4, -0.2) is 18.7 Å². The second-order valence-corrected chi connectivity index (χ2v) is 7.44. The Morgan fingerprint density at radius 2 is 1.70 bits per heavy atom. The van der Waals surface area contributed by atoms with Gasteiger partial charge in [-0.3, -0.25) is 9.59 Å². The Kier molecular flexibility index (Phi) is 5.52. The first kappa shape index (κ1) is 19.7. The van der Waals surface area contributed by atoms with Gasteiger partial charge in [-0.15, -0.1) is 0 Å². The number of likely N-dealkylation sites (N-methyl/N-ethyl adjacent to an activating group) is 1. The largest absolute Gasteiger partial charge is 0.311 e. The lowest BCUT2D eigenvalue weighted by Crippen LogP contribution is -2.36. The zero-order valence-electron chi connectivity index (χ0n) is 16.4. The van der Waals surface area contributed by atoms with E-state index in [-0.39, 0.29) is 17.3 Å². The molecule has 3 aromatic rings. The van der Waals surface area contributed by atoms with Crippen LogP contribution in [0.15, 0.2) is 78.4 Å². The first-order valence-corrected chi connectivity index (χ1v) is 9.87. The zero-order chi connectivity index (χ0) is 21.1. The highest BCUT2D eigenvalue weighted by Gasteiger charge is 2.32. The van der Waals surface area contributed by atoms with Crippen LogP contribution in [0, 0.1) is 11.8 Å². The lowest BCUT2D eigenvalue weighted by Gasteiger charge is -2.26. The van der Waals surface area contributed by atoms with Crippen molar-refractivity contribution in [2.45, 2.75) is 6.42 Å². The third-order valence-electron chi connectivity index (χ3n) is 4.93. The van der Waals surface area contributed by atoms with Crippen molar-refractivity contribution in [3.05, 3.63) is 106 Å². The topological polar surface area (TPSA) is 37.4 Å². The quantitative estimate of drug-likeness (QED) is 0.331. The van der Waals surface area contributed by atoms with Crippen molar-refractivity contribution >= 4 is 35.1 Å². The Balaban J connectivity index is 1.66. The summed E-state index contributed by atoms with van der Waals surface area (Å²) in [6.45, 7) is 0. The van der Waals surface area contributed by atoms with Crippen LogP contribution in [-0.2, 0) is 11.2 Å². The number of amides is 1. The van der Waals surface area contributed by atoms with Gasteiger partial charge in [-0.2, -0.15) is 0 Å². The number of rotatable bonds is 2. The molecule has 1 aliphatic heterocycles. The van der Waals surface area contributed by atoms with Crippen LogP contribution >= 0.6 is 11.6 Å². The molecule has 4 heteroatoms. The van der Waals surface area contributed by atoms with Gasteiger partial charge in [0.05, 0.1) is 11.3 Å². The molecule has 0 fully saturated rings. The molecule has 3 aromatic carbocycles. The molecule has 1 amide bonds. The summed E-state index contributed by atoms with van der Waals surface area (Å²) in [5, 5.41) is 0.597.